The Bertz CT molecular complexity index is 945. The van der Waals surface area contributed by atoms with E-state index in [2.05, 4.69) is 0 Å². The predicted molar refractivity (Wildman–Crippen MR) is 113 cm³/mol. The molecule has 2 fully saturated rings. The summed E-state index contributed by atoms with van der Waals surface area (Å²) in [6, 6.07) is 2.15. The van der Waals surface area contributed by atoms with E-state index in [1.807, 2.05) is 11.8 Å². The van der Waals surface area contributed by atoms with Crippen molar-refractivity contribution in [2.45, 2.75) is 31.9 Å². The number of hydrogen-bond donors (Lipinski definition) is 0. The number of ether oxygens (including phenoxy) is 1. The monoisotopic (exact) mass is 470 g/mol. The summed E-state index contributed by atoms with van der Waals surface area (Å²) in [4.78, 5) is 41.5. The number of carbonyl (C=O) groups excluding carboxylic acids is 3. The first-order valence-electron chi connectivity index (χ1n) is 10.7. The third kappa shape index (κ3) is 5.13. The molecule has 178 valence electrons. The van der Waals surface area contributed by atoms with Crippen LogP contribution in [0.4, 0.5) is 0 Å². The van der Waals surface area contributed by atoms with Gasteiger partial charge < -0.3 is 19.0 Å². The Labute approximate surface area is 187 Å². The van der Waals surface area contributed by atoms with Crippen LogP contribution in [0, 0.1) is 0 Å². The lowest BCUT2D eigenvalue weighted by molar-refractivity contribution is -0.142. The molecule has 2 aliphatic rings. The standard InChI is InChI=1S/C20H30N4O7S/c1-4-30-20(27)17-5-6-18(31-17)32(28,29)24-13-11-21(12-14-24)15(2)19(26)23-9-7-22(8-10-23)16(3)25/h5-6,15H,4,7-14H2,1-3H3. The van der Waals surface area contributed by atoms with Gasteiger partial charge in [0.1, 0.15) is 0 Å². The van der Waals surface area contributed by atoms with Gasteiger partial charge in [-0.2, -0.15) is 4.31 Å². The molecule has 1 atom stereocenters. The van der Waals surface area contributed by atoms with Gasteiger partial charge in [0.15, 0.2) is 0 Å². The van der Waals surface area contributed by atoms with Gasteiger partial charge in [0, 0.05) is 59.3 Å². The molecule has 2 amide bonds. The summed E-state index contributed by atoms with van der Waals surface area (Å²) in [5.74, 6) is -0.883. The third-order valence-corrected chi connectivity index (χ3v) is 7.64. The summed E-state index contributed by atoms with van der Waals surface area (Å²) in [7, 11) is -3.89. The molecule has 1 aromatic rings. The van der Waals surface area contributed by atoms with Crippen LogP contribution in [0.3, 0.4) is 0 Å². The Morgan fingerprint density at radius 3 is 2.16 bits per heavy atom. The van der Waals surface area contributed by atoms with Gasteiger partial charge in [0.05, 0.1) is 12.6 Å². The van der Waals surface area contributed by atoms with Crippen LogP contribution < -0.4 is 0 Å². The van der Waals surface area contributed by atoms with Gasteiger partial charge in [-0.25, -0.2) is 13.2 Å². The Morgan fingerprint density at radius 1 is 1.00 bits per heavy atom. The fraction of sp³-hybridized carbons (Fsp3) is 0.650. The number of furan rings is 1. The van der Waals surface area contributed by atoms with E-state index in [4.69, 9.17) is 9.15 Å². The van der Waals surface area contributed by atoms with Gasteiger partial charge in [-0.1, -0.05) is 0 Å². The van der Waals surface area contributed by atoms with Gasteiger partial charge in [-0.15, -0.1) is 0 Å². The summed E-state index contributed by atoms with van der Waals surface area (Å²) in [5.41, 5.74) is 0. The largest absolute Gasteiger partial charge is 0.460 e. The van der Waals surface area contributed by atoms with E-state index in [-0.39, 0.29) is 48.4 Å². The quantitative estimate of drug-likeness (QED) is 0.526. The van der Waals surface area contributed by atoms with Crippen molar-refractivity contribution in [3.8, 4) is 0 Å². The fourth-order valence-corrected chi connectivity index (χ4v) is 5.22. The van der Waals surface area contributed by atoms with Crippen molar-refractivity contribution >= 4 is 27.8 Å². The maximum atomic E-state index is 12.9. The maximum absolute atomic E-state index is 12.9. The Balaban J connectivity index is 1.55. The molecule has 0 aliphatic carbocycles. The highest BCUT2D eigenvalue weighted by Gasteiger charge is 2.35. The number of hydrogen-bond acceptors (Lipinski definition) is 8. The molecule has 0 bridgehead atoms. The van der Waals surface area contributed by atoms with Gasteiger partial charge >= 0.3 is 5.97 Å². The molecule has 0 radical (unpaired) electrons. The lowest BCUT2D eigenvalue weighted by atomic mass is 10.2. The molecule has 1 aromatic heterocycles. The minimum Gasteiger partial charge on any atom is -0.460 e. The van der Waals surface area contributed by atoms with Crippen LogP contribution in [0.1, 0.15) is 31.3 Å². The highest BCUT2D eigenvalue weighted by Crippen LogP contribution is 2.22. The second kappa shape index (κ2) is 10.0. The fourth-order valence-electron chi connectivity index (χ4n) is 3.89. The van der Waals surface area contributed by atoms with Crippen molar-refractivity contribution in [3.05, 3.63) is 17.9 Å². The summed E-state index contributed by atoms with van der Waals surface area (Å²) < 4.78 is 37.1. The van der Waals surface area contributed by atoms with Crippen molar-refractivity contribution in [3.63, 3.8) is 0 Å². The maximum Gasteiger partial charge on any atom is 0.374 e. The van der Waals surface area contributed by atoms with Gasteiger partial charge in [0.25, 0.3) is 10.0 Å². The number of piperazine rings is 2. The van der Waals surface area contributed by atoms with E-state index in [1.165, 1.54) is 23.4 Å². The normalized spacial score (nSPS) is 19.6. The minimum absolute atomic E-state index is 0.00779. The molecule has 0 aromatic carbocycles. The minimum atomic E-state index is -3.89. The molecule has 11 nitrogen and oxygen atoms in total. The van der Waals surface area contributed by atoms with Crippen LogP contribution in [0.2, 0.25) is 0 Å². The highest BCUT2D eigenvalue weighted by molar-refractivity contribution is 7.89. The Hall–Kier alpha value is -2.44. The van der Waals surface area contributed by atoms with Crippen LogP contribution in [0.15, 0.2) is 21.6 Å². The number of nitrogens with zero attached hydrogens (tertiary/aromatic N) is 4. The van der Waals surface area contributed by atoms with Crippen LogP contribution >= 0.6 is 0 Å². The average Bonchev–Trinajstić information content (AvgIpc) is 3.30. The first-order chi connectivity index (χ1) is 15.1. The topological polar surface area (TPSA) is 121 Å². The first-order valence-corrected chi connectivity index (χ1v) is 12.1. The molecule has 2 saturated heterocycles. The van der Waals surface area contributed by atoms with E-state index in [0.29, 0.717) is 39.3 Å². The summed E-state index contributed by atoms with van der Waals surface area (Å²) in [6.45, 7) is 8.39. The van der Waals surface area contributed by atoms with Crippen molar-refractivity contribution in [1.82, 2.24) is 19.0 Å². The van der Waals surface area contributed by atoms with Crippen LogP contribution in [0.5, 0.6) is 0 Å². The van der Waals surface area contributed by atoms with Gasteiger partial charge in [-0.3, -0.25) is 14.5 Å². The molecule has 0 saturated carbocycles. The molecule has 32 heavy (non-hydrogen) atoms. The number of carbonyl (C=O) groups is 3. The number of rotatable bonds is 6. The van der Waals surface area contributed by atoms with Crippen molar-refractivity contribution in [2.24, 2.45) is 0 Å². The number of amides is 2. The average molecular weight is 471 g/mol. The molecule has 3 rings (SSSR count). The van der Waals surface area contributed by atoms with Crippen molar-refractivity contribution in [2.75, 3.05) is 59.0 Å². The van der Waals surface area contributed by atoms with E-state index >= 15 is 0 Å². The Morgan fingerprint density at radius 2 is 1.59 bits per heavy atom. The van der Waals surface area contributed by atoms with Crippen molar-refractivity contribution in [1.29, 1.82) is 0 Å². The SMILES string of the molecule is CCOC(=O)c1ccc(S(=O)(=O)N2CCN(C(C)C(=O)N3CCN(C(C)=O)CC3)CC2)o1. The Kier molecular flexibility index (Phi) is 7.57. The number of esters is 1. The zero-order chi connectivity index (χ0) is 23.5. The lowest BCUT2D eigenvalue weighted by Crippen LogP contribution is -2.58. The highest BCUT2D eigenvalue weighted by atomic mass is 32.2. The molecule has 0 spiro atoms. The van der Waals surface area contributed by atoms with Gasteiger partial charge in [0.2, 0.25) is 22.7 Å². The molecular formula is C20H30N4O7S. The van der Waals surface area contributed by atoms with Gasteiger partial charge in [-0.05, 0) is 26.0 Å². The van der Waals surface area contributed by atoms with Crippen LogP contribution in [0.25, 0.3) is 0 Å². The van der Waals surface area contributed by atoms with Crippen LogP contribution in [-0.4, -0.2) is 110 Å². The second-order valence-electron chi connectivity index (χ2n) is 7.79. The summed E-state index contributed by atoms with van der Waals surface area (Å²) in [6.07, 6.45) is 0. The molecular weight excluding hydrogens is 440 g/mol. The third-order valence-electron chi connectivity index (χ3n) is 5.87. The first kappa shape index (κ1) is 24.2. The van der Waals surface area contributed by atoms with Crippen LogP contribution in [-0.2, 0) is 24.3 Å². The summed E-state index contributed by atoms with van der Waals surface area (Å²) in [5, 5.41) is -0.304. The molecule has 3 heterocycles. The summed E-state index contributed by atoms with van der Waals surface area (Å²) >= 11 is 0. The van der Waals surface area contributed by atoms with E-state index in [1.54, 1.807) is 16.7 Å². The molecule has 0 N–H and O–H groups in total. The molecule has 2 aliphatic heterocycles. The van der Waals surface area contributed by atoms with E-state index in [9.17, 15) is 22.8 Å². The van der Waals surface area contributed by atoms with Crippen molar-refractivity contribution < 1.29 is 32.0 Å². The van der Waals surface area contributed by atoms with E-state index < -0.39 is 16.0 Å². The number of sulfonamides is 1. The predicted octanol–water partition coefficient (Wildman–Crippen LogP) is -0.158. The zero-order valence-corrected chi connectivity index (χ0v) is 19.5. The second-order valence-corrected chi connectivity index (χ2v) is 9.66. The molecule has 12 heteroatoms. The lowest BCUT2D eigenvalue weighted by Gasteiger charge is -2.40. The smallest absolute Gasteiger partial charge is 0.374 e. The zero-order valence-electron chi connectivity index (χ0n) is 18.7. The van der Waals surface area contributed by atoms with E-state index in [0.717, 1.165) is 0 Å². The molecule has 1 unspecified atom stereocenters.